The molecule has 0 bridgehead atoms. The normalized spacial score (nSPS) is 12.5. The SMILES string of the molecule is CC(C)(C)c1cccc(-c2[nH]cc(C(C)(C)C)c2[N+](=O)[O-])c1. The van der Waals surface area contributed by atoms with Gasteiger partial charge in [-0.25, -0.2) is 0 Å². The molecule has 2 rings (SSSR count). The van der Waals surface area contributed by atoms with E-state index < -0.39 is 0 Å². The molecular weight excluding hydrogens is 276 g/mol. The van der Waals surface area contributed by atoms with E-state index in [9.17, 15) is 10.1 Å². The summed E-state index contributed by atoms with van der Waals surface area (Å²) in [6.45, 7) is 12.4. The zero-order valence-electron chi connectivity index (χ0n) is 14.2. The monoisotopic (exact) mass is 300 g/mol. The van der Waals surface area contributed by atoms with Crippen molar-refractivity contribution in [3.8, 4) is 11.3 Å². The van der Waals surface area contributed by atoms with Gasteiger partial charge >= 0.3 is 0 Å². The lowest BCUT2D eigenvalue weighted by Crippen LogP contribution is -2.12. The Balaban J connectivity index is 2.64. The Labute approximate surface area is 131 Å². The fourth-order valence-electron chi connectivity index (χ4n) is 2.54. The second-order valence-corrected chi connectivity index (χ2v) is 7.76. The van der Waals surface area contributed by atoms with Crippen LogP contribution in [0.5, 0.6) is 0 Å². The van der Waals surface area contributed by atoms with Gasteiger partial charge in [-0.2, -0.15) is 0 Å². The highest BCUT2D eigenvalue weighted by Gasteiger charge is 2.30. The van der Waals surface area contributed by atoms with Gasteiger partial charge in [0.1, 0.15) is 5.69 Å². The van der Waals surface area contributed by atoms with Crippen molar-refractivity contribution >= 4 is 5.69 Å². The van der Waals surface area contributed by atoms with Crippen molar-refractivity contribution in [3.05, 3.63) is 51.7 Å². The van der Waals surface area contributed by atoms with Crippen molar-refractivity contribution in [1.82, 2.24) is 4.98 Å². The van der Waals surface area contributed by atoms with E-state index in [4.69, 9.17) is 0 Å². The van der Waals surface area contributed by atoms with E-state index in [0.717, 1.165) is 16.7 Å². The number of aromatic nitrogens is 1. The van der Waals surface area contributed by atoms with Crippen LogP contribution in [0.1, 0.15) is 52.7 Å². The second kappa shape index (κ2) is 5.27. The van der Waals surface area contributed by atoms with E-state index in [2.05, 4.69) is 31.8 Å². The van der Waals surface area contributed by atoms with E-state index in [1.165, 1.54) is 0 Å². The van der Waals surface area contributed by atoms with Gasteiger partial charge in [0, 0.05) is 11.8 Å². The summed E-state index contributed by atoms with van der Waals surface area (Å²) in [4.78, 5) is 14.4. The molecule has 22 heavy (non-hydrogen) atoms. The summed E-state index contributed by atoms with van der Waals surface area (Å²) in [5.41, 5.74) is 3.23. The highest BCUT2D eigenvalue weighted by atomic mass is 16.6. The van der Waals surface area contributed by atoms with Crippen LogP contribution in [0.4, 0.5) is 5.69 Å². The number of nitrogens with one attached hydrogen (secondary N) is 1. The molecule has 0 saturated carbocycles. The Kier molecular flexibility index (Phi) is 3.90. The molecule has 0 saturated heterocycles. The standard InChI is InChI=1S/C18H24N2O2/c1-17(2,3)13-9-7-8-12(10-13)15-16(20(21)22)14(11-19-15)18(4,5)6/h7-11,19H,1-6H3. The number of nitro groups is 1. The number of benzene rings is 1. The fourth-order valence-corrected chi connectivity index (χ4v) is 2.54. The topological polar surface area (TPSA) is 58.9 Å². The predicted molar refractivity (Wildman–Crippen MR) is 90.3 cm³/mol. The average Bonchev–Trinajstić information content (AvgIpc) is 2.82. The van der Waals surface area contributed by atoms with Gasteiger partial charge in [-0.1, -0.05) is 59.7 Å². The maximum absolute atomic E-state index is 11.6. The molecule has 0 atom stereocenters. The minimum Gasteiger partial charge on any atom is -0.355 e. The molecule has 4 heteroatoms. The second-order valence-electron chi connectivity index (χ2n) is 7.76. The smallest absolute Gasteiger partial charge is 0.298 e. The Hall–Kier alpha value is -2.10. The van der Waals surface area contributed by atoms with Crippen molar-refractivity contribution in [1.29, 1.82) is 0 Å². The molecule has 1 aromatic carbocycles. The van der Waals surface area contributed by atoms with Crippen LogP contribution in [0.3, 0.4) is 0 Å². The Morgan fingerprint density at radius 1 is 1.05 bits per heavy atom. The van der Waals surface area contributed by atoms with Gasteiger partial charge in [-0.05, 0) is 22.5 Å². The molecule has 0 amide bonds. The van der Waals surface area contributed by atoms with Crippen LogP contribution in [-0.2, 0) is 10.8 Å². The Morgan fingerprint density at radius 2 is 1.68 bits per heavy atom. The molecule has 0 spiro atoms. The summed E-state index contributed by atoms with van der Waals surface area (Å²) in [5, 5.41) is 11.6. The minimum atomic E-state index is -0.282. The van der Waals surface area contributed by atoms with Crippen molar-refractivity contribution in [2.45, 2.75) is 52.4 Å². The van der Waals surface area contributed by atoms with Crippen molar-refractivity contribution in [2.75, 3.05) is 0 Å². The summed E-state index contributed by atoms with van der Waals surface area (Å²) in [6, 6.07) is 7.96. The van der Waals surface area contributed by atoms with E-state index >= 15 is 0 Å². The molecular formula is C18H24N2O2. The third-order valence-corrected chi connectivity index (χ3v) is 3.86. The summed E-state index contributed by atoms with van der Waals surface area (Å²) < 4.78 is 0. The molecule has 1 N–H and O–H groups in total. The molecule has 0 fully saturated rings. The predicted octanol–water partition coefficient (Wildman–Crippen LogP) is 5.18. The first-order chi connectivity index (χ1) is 10.0. The van der Waals surface area contributed by atoms with Crippen LogP contribution in [0.15, 0.2) is 30.5 Å². The van der Waals surface area contributed by atoms with E-state index in [1.54, 1.807) is 6.20 Å². The highest BCUT2D eigenvalue weighted by Crippen LogP contribution is 2.39. The zero-order valence-corrected chi connectivity index (χ0v) is 14.2. The Morgan fingerprint density at radius 3 is 2.18 bits per heavy atom. The Bertz CT molecular complexity index is 701. The number of hydrogen-bond acceptors (Lipinski definition) is 2. The molecule has 0 radical (unpaired) electrons. The first-order valence-electron chi connectivity index (χ1n) is 7.49. The zero-order chi connectivity index (χ0) is 16.7. The van der Waals surface area contributed by atoms with Gasteiger partial charge in [-0.15, -0.1) is 0 Å². The maximum Gasteiger partial charge on any atom is 0.298 e. The lowest BCUT2D eigenvalue weighted by molar-refractivity contribution is -0.385. The first kappa shape index (κ1) is 16.3. The number of aromatic amines is 1. The van der Waals surface area contributed by atoms with E-state index in [1.807, 2.05) is 39.0 Å². The summed E-state index contributed by atoms with van der Waals surface area (Å²) in [5.74, 6) is 0. The van der Waals surface area contributed by atoms with Crippen LogP contribution in [0, 0.1) is 10.1 Å². The van der Waals surface area contributed by atoms with Crippen molar-refractivity contribution in [2.24, 2.45) is 0 Å². The van der Waals surface area contributed by atoms with Crippen molar-refractivity contribution < 1.29 is 4.92 Å². The van der Waals surface area contributed by atoms with Crippen LogP contribution in [-0.4, -0.2) is 9.91 Å². The van der Waals surface area contributed by atoms with Gasteiger partial charge < -0.3 is 4.98 Å². The van der Waals surface area contributed by atoms with Crippen LogP contribution in [0.25, 0.3) is 11.3 Å². The molecule has 0 aliphatic carbocycles. The van der Waals surface area contributed by atoms with Gasteiger partial charge in [-0.3, -0.25) is 10.1 Å². The van der Waals surface area contributed by atoms with Gasteiger partial charge in [0.25, 0.3) is 5.69 Å². The van der Waals surface area contributed by atoms with Gasteiger partial charge in [0.15, 0.2) is 0 Å². The lowest BCUT2D eigenvalue weighted by atomic mass is 9.85. The molecule has 1 aromatic heterocycles. The summed E-state index contributed by atoms with van der Waals surface area (Å²) in [6.07, 6.45) is 1.76. The summed E-state index contributed by atoms with van der Waals surface area (Å²) >= 11 is 0. The minimum absolute atomic E-state index is 0.00421. The number of hydrogen-bond donors (Lipinski definition) is 1. The summed E-state index contributed by atoms with van der Waals surface area (Å²) in [7, 11) is 0. The highest BCUT2D eigenvalue weighted by molar-refractivity contribution is 5.74. The molecule has 0 aliphatic rings. The number of rotatable bonds is 2. The van der Waals surface area contributed by atoms with Crippen molar-refractivity contribution in [3.63, 3.8) is 0 Å². The molecule has 0 aliphatic heterocycles. The molecule has 118 valence electrons. The molecule has 0 unspecified atom stereocenters. The number of nitrogens with zero attached hydrogens (tertiary/aromatic N) is 1. The largest absolute Gasteiger partial charge is 0.355 e. The quantitative estimate of drug-likeness (QED) is 0.613. The van der Waals surface area contributed by atoms with E-state index in [-0.39, 0.29) is 21.4 Å². The fraction of sp³-hybridized carbons (Fsp3) is 0.444. The van der Waals surface area contributed by atoms with E-state index in [0.29, 0.717) is 5.69 Å². The molecule has 1 heterocycles. The van der Waals surface area contributed by atoms with Crippen LogP contribution >= 0.6 is 0 Å². The molecule has 2 aromatic rings. The van der Waals surface area contributed by atoms with Crippen LogP contribution in [0.2, 0.25) is 0 Å². The average molecular weight is 300 g/mol. The van der Waals surface area contributed by atoms with Gasteiger partial charge in [0.05, 0.1) is 10.5 Å². The third kappa shape index (κ3) is 3.06. The first-order valence-corrected chi connectivity index (χ1v) is 7.49. The third-order valence-electron chi connectivity index (χ3n) is 3.86. The molecule has 4 nitrogen and oxygen atoms in total. The lowest BCUT2D eigenvalue weighted by Gasteiger charge is -2.19. The van der Waals surface area contributed by atoms with Gasteiger partial charge in [0.2, 0.25) is 0 Å². The number of H-pyrrole nitrogens is 1. The van der Waals surface area contributed by atoms with Crippen LogP contribution < -0.4 is 0 Å². The maximum atomic E-state index is 11.6.